The van der Waals surface area contributed by atoms with Crippen molar-refractivity contribution in [3.63, 3.8) is 0 Å². The lowest BCUT2D eigenvalue weighted by atomic mass is 9.85. The quantitative estimate of drug-likeness (QED) is 0.685. The van der Waals surface area contributed by atoms with Gasteiger partial charge in [-0.15, -0.1) is 0 Å². The lowest BCUT2D eigenvalue weighted by molar-refractivity contribution is -0.139. The zero-order valence-corrected chi connectivity index (χ0v) is 12.8. The van der Waals surface area contributed by atoms with Crippen LogP contribution in [-0.2, 0) is 14.3 Å². The molecule has 0 radical (unpaired) electrons. The minimum Gasteiger partial charge on any atom is -0.481 e. The molecule has 1 atom stereocenters. The van der Waals surface area contributed by atoms with Crippen molar-refractivity contribution in [2.45, 2.75) is 52.1 Å². The third-order valence-corrected chi connectivity index (χ3v) is 3.45. The van der Waals surface area contributed by atoms with E-state index in [0.29, 0.717) is 13.2 Å². The van der Waals surface area contributed by atoms with Gasteiger partial charge in [0, 0.05) is 19.6 Å². The van der Waals surface area contributed by atoms with Gasteiger partial charge >= 0.3 is 12.0 Å². The van der Waals surface area contributed by atoms with Crippen molar-refractivity contribution in [2.75, 3.05) is 13.2 Å². The van der Waals surface area contributed by atoms with E-state index in [9.17, 15) is 14.4 Å². The summed E-state index contributed by atoms with van der Waals surface area (Å²) in [6.07, 6.45) is 1.67. The molecule has 0 aliphatic carbocycles. The van der Waals surface area contributed by atoms with Crippen LogP contribution >= 0.6 is 0 Å². The van der Waals surface area contributed by atoms with Crippen LogP contribution in [0.1, 0.15) is 46.5 Å². The van der Waals surface area contributed by atoms with Crippen LogP contribution in [-0.4, -0.2) is 41.8 Å². The average molecular weight is 300 g/mol. The van der Waals surface area contributed by atoms with E-state index < -0.39 is 23.3 Å². The van der Waals surface area contributed by atoms with Gasteiger partial charge in [-0.2, -0.15) is 0 Å². The van der Waals surface area contributed by atoms with Crippen LogP contribution in [0.15, 0.2) is 0 Å². The molecule has 1 fully saturated rings. The molecular weight excluding hydrogens is 276 g/mol. The molecule has 0 aromatic carbocycles. The second-order valence-corrected chi connectivity index (χ2v) is 6.54. The van der Waals surface area contributed by atoms with E-state index in [0.717, 1.165) is 12.8 Å². The van der Waals surface area contributed by atoms with Gasteiger partial charge in [0.25, 0.3) is 0 Å². The van der Waals surface area contributed by atoms with Crippen LogP contribution in [0.4, 0.5) is 4.79 Å². The van der Waals surface area contributed by atoms with Crippen LogP contribution in [0.25, 0.3) is 0 Å². The fourth-order valence-corrected chi connectivity index (χ4v) is 2.37. The summed E-state index contributed by atoms with van der Waals surface area (Å²) in [6.45, 7) is 6.28. The molecular formula is C14H24N2O5. The number of nitrogens with one attached hydrogen (secondary N) is 2. The molecule has 1 aliphatic rings. The summed E-state index contributed by atoms with van der Waals surface area (Å²) < 4.78 is 5.53. The first-order valence-corrected chi connectivity index (χ1v) is 7.05. The van der Waals surface area contributed by atoms with Gasteiger partial charge in [0.05, 0.1) is 12.0 Å². The van der Waals surface area contributed by atoms with Crippen LogP contribution in [0.5, 0.6) is 0 Å². The number of hydrogen-bond acceptors (Lipinski definition) is 4. The van der Waals surface area contributed by atoms with Crippen molar-refractivity contribution < 1.29 is 24.2 Å². The average Bonchev–Trinajstić information content (AvgIpc) is 2.71. The van der Waals surface area contributed by atoms with Crippen LogP contribution in [0.3, 0.4) is 0 Å². The van der Waals surface area contributed by atoms with Gasteiger partial charge < -0.3 is 15.2 Å². The molecule has 0 aromatic rings. The van der Waals surface area contributed by atoms with E-state index in [4.69, 9.17) is 9.84 Å². The Morgan fingerprint density at radius 2 is 1.95 bits per heavy atom. The number of carbonyl (C=O) groups is 3. The van der Waals surface area contributed by atoms with Gasteiger partial charge in [0.15, 0.2) is 0 Å². The predicted octanol–water partition coefficient (Wildman–Crippen LogP) is 1.27. The van der Waals surface area contributed by atoms with Gasteiger partial charge in [-0.3, -0.25) is 14.9 Å². The van der Waals surface area contributed by atoms with Gasteiger partial charge in [-0.25, -0.2) is 4.79 Å². The normalized spacial score (nSPS) is 21.9. The molecule has 3 N–H and O–H groups in total. The van der Waals surface area contributed by atoms with Crippen LogP contribution < -0.4 is 10.6 Å². The Balaban J connectivity index is 2.33. The molecule has 7 heteroatoms. The number of hydrogen-bond donors (Lipinski definition) is 3. The van der Waals surface area contributed by atoms with E-state index in [1.165, 1.54) is 0 Å². The Morgan fingerprint density at radius 3 is 2.48 bits per heavy atom. The summed E-state index contributed by atoms with van der Waals surface area (Å²) in [4.78, 5) is 34.1. The Hall–Kier alpha value is -1.63. The summed E-state index contributed by atoms with van der Waals surface area (Å²) in [6, 6.07) is -0.581. The number of imide groups is 1. The molecule has 0 bridgehead atoms. The Labute approximate surface area is 124 Å². The molecule has 120 valence electrons. The Bertz CT molecular complexity index is 414. The number of aliphatic carboxylic acids is 1. The molecule has 1 rings (SSSR count). The topological polar surface area (TPSA) is 105 Å². The van der Waals surface area contributed by atoms with Crippen LogP contribution in [0.2, 0.25) is 0 Å². The summed E-state index contributed by atoms with van der Waals surface area (Å²) in [5, 5.41) is 13.6. The maximum atomic E-state index is 11.7. The smallest absolute Gasteiger partial charge is 0.321 e. The molecule has 7 nitrogen and oxygen atoms in total. The Kier molecular flexibility index (Phi) is 5.71. The maximum Gasteiger partial charge on any atom is 0.321 e. The minimum absolute atomic E-state index is 0.0273. The monoisotopic (exact) mass is 300 g/mol. The van der Waals surface area contributed by atoms with Crippen molar-refractivity contribution in [2.24, 2.45) is 5.41 Å². The van der Waals surface area contributed by atoms with E-state index in [1.807, 2.05) is 6.92 Å². The van der Waals surface area contributed by atoms with Gasteiger partial charge in [-0.1, -0.05) is 13.8 Å². The van der Waals surface area contributed by atoms with Crippen molar-refractivity contribution in [1.82, 2.24) is 10.6 Å². The second kappa shape index (κ2) is 6.89. The molecule has 1 aliphatic heterocycles. The summed E-state index contributed by atoms with van der Waals surface area (Å²) >= 11 is 0. The molecule has 3 amide bonds. The summed E-state index contributed by atoms with van der Waals surface area (Å²) in [5.41, 5.74) is -1.07. The lowest BCUT2D eigenvalue weighted by Crippen LogP contribution is -2.46. The van der Waals surface area contributed by atoms with E-state index >= 15 is 0 Å². The predicted molar refractivity (Wildman–Crippen MR) is 75.8 cm³/mol. The van der Waals surface area contributed by atoms with Crippen molar-refractivity contribution in [3.8, 4) is 0 Å². The molecule has 0 aromatic heterocycles. The maximum absolute atomic E-state index is 11.7. The SMILES string of the molecule is CC(C)(CC(=O)O)CC(=O)NC(=O)NCC1(C)CCCO1. The van der Waals surface area contributed by atoms with Crippen molar-refractivity contribution in [3.05, 3.63) is 0 Å². The van der Waals surface area contributed by atoms with Crippen LogP contribution in [0, 0.1) is 5.41 Å². The molecule has 0 spiro atoms. The second-order valence-electron chi connectivity index (χ2n) is 6.54. The fraction of sp³-hybridized carbons (Fsp3) is 0.786. The molecule has 21 heavy (non-hydrogen) atoms. The zero-order valence-electron chi connectivity index (χ0n) is 12.8. The van der Waals surface area contributed by atoms with Gasteiger partial charge in [0.1, 0.15) is 0 Å². The van der Waals surface area contributed by atoms with Gasteiger partial charge in [-0.05, 0) is 25.2 Å². The first-order valence-electron chi connectivity index (χ1n) is 7.05. The van der Waals surface area contributed by atoms with Gasteiger partial charge in [0.2, 0.25) is 5.91 Å². The molecule has 1 heterocycles. The fourth-order valence-electron chi connectivity index (χ4n) is 2.37. The van der Waals surface area contributed by atoms with E-state index in [1.54, 1.807) is 13.8 Å². The lowest BCUT2D eigenvalue weighted by Gasteiger charge is -2.24. The number of carbonyl (C=O) groups excluding carboxylic acids is 2. The highest BCUT2D eigenvalue weighted by Gasteiger charge is 2.30. The van der Waals surface area contributed by atoms with Crippen molar-refractivity contribution in [1.29, 1.82) is 0 Å². The highest BCUT2D eigenvalue weighted by atomic mass is 16.5. The number of urea groups is 1. The largest absolute Gasteiger partial charge is 0.481 e. The molecule has 1 saturated heterocycles. The first-order chi connectivity index (χ1) is 9.62. The van der Waals surface area contributed by atoms with E-state index in [-0.39, 0.29) is 18.4 Å². The minimum atomic E-state index is -0.969. The molecule has 1 unspecified atom stereocenters. The highest BCUT2D eigenvalue weighted by Crippen LogP contribution is 2.25. The summed E-state index contributed by atoms with van der Waals surface area (Å²) in [5.74, 6) is -1.46. The Morgan fingerprint density at radius 1 is 1.29 bits per heavy atom. The number of carboxylic acid groups (broad SMARTS) is 1. The third kappa shape index (κ3) is 6.57. The van der Waals surface area contributed by atoms with Crippen molar-refractivity contribution >= 4 is 17.9 Å². The number of amides is 3. The number of carboxylic acids is 1. The number of rotatable bonds is 6. The third-order valence-electron chi connectivity index (χ3n) is 3.45. The standard InChI is InChI=1S/C14H24N2O5/c1-13(2,8-11(18)19)7-10(17)16-12(20)15-9-14(3)5-4-6-21-14/h4-9H2,1-3H3,(H,18,19)(H2,15,16,17,20). The summed E-state index contributed by atoms with van der Waals surface area (Å²) in [7, 11) is 0. The molecule has 0 saturated carbocycles. The number of ether oxygens (including phenoxy) is 1. The zero-order chi connectivity index (χ0) is 16.1. The first kappa shape index (κ1) is 17.4. The van der Waals surface area contributed by atoms with E-state index in [2.05, 4.69) is 10.6 Å². The highest BCUT2D eigenvalue weighted by molar-refractivity contribution is 5.94.